The molecule has 2 heterocycles. The quantitative estimate of drug-likeness (QED) is 0.253. The lowest BCUT2D eigenvalue weighted by Crippen LogP contribution is -2.11. The smallest absolute Gasteiger partial charge is 0.259 e. The summed E-state index contributed by atoms with van der Waals surface area (Å²) in [5, 5.41) is 15.2. The van der Waals surface area contributed by atoms with Crippen LogP contribution in [-0.4, -0.2) is 26.4 Å². The molecule has 0 fully saturated rings. The predicted molar refractivity (Wildman–Crippen MR) is 141 cm³/mol. The van der Waals surface area contributed by atoms with Crippen LogP contribution in [0.2, 0.25) is 0 Å². The van der Waals surface area contributed by atoms with Gasteiger partial charge in [-0.3, -0.25) is 4.79 Å². The van der Waals surface area contributed by atoms with E-state index in [1.165, 1.54) is 0 Å². The molecule has 0 aliphatic rings. The van der Waals surface area contributed by atoms with E-state index < -0.39 is 0 Å². The van der Waals surface area contributed by atoms with Crippen molar-refractivity contribution in [3.05, 3.63) is 119 Å². The average molecular weight is 472 g/mol. The fourth-order valence-corrected chi connectivity index (χ4v) is 3.82. The highest BCUT2D eigenvalue weighted by atomic mass is 16.5. The summed E-state index contributed by atoms with van der Waals surface area (Å²) in [6, 6.07) is 26.5. The number of allylic oxidation sites excluding steroid dienone is 1. The van der Waals surface area contributed by atoms with Gasteiger partial charge in [0.1, 0.15) is 18.4 Å². The maximum atomic E-state index is 12.6. The van der Waals surface area contributed by atoms with Crippen molar-refractivity contribution >= 4 is 22.6 Å². The fraction of sp³-hybridized carbons (Fsp3) is 0.0345. The molecular formula is C29H21N5O2. The average Bonchev–Trinajstić information content (AvgIpc) is 3.35. The van der Waals surface area contributed by atoms with Crippen molar-refractivity contribution in [2.45, 2.75) is 0 Å². The van der Waals surface area contributed by atoms with Crippen molar-refractivity contribution < 1.29 is 4.74 Å². The summed E-state index contributed by atoms with van der Waals surface area (Å²) in [6.07, 6.45) is 5.23. The molecule has 0 aliphatic heterocycles. The zero-order chi connectivity index (χ0) is 24.9. The van der Waals surface area contributed by atoms with Crippen LogP contribution in [0.15, 0.2) is 103 Å². The number of nitrogens with one attached hydrogen (secondary N) is 1. The summed E-state index contributed by atoms with van der Waals surface area (Å²) in [4.78, 5) is 19.8. The second kappa shape index (κ2) is 9.95. The SMILES string of the molecule is C=CCOc1ccc(-c2nn(-c3ccccc3)cc2/C=C(\C#N)c2nc3ccccc3c(=O)[nH]2)cc1. The van der Waals surface area contributed by atoms with Gasteiger partial charge >= 0.3 is 0 Å². The third kappa shape index (κ3) is 4.56. The molecule has 7 nitrogen and oxygen atoms in total. The number of fused-ring (bicyclic) bond motifs is 1. The van der Waals surface area contributed by atoms with Crippen LogP contribution < -0.4 is 10.3 Å². The van der Waals surface area contributed by atoms with E-state index in [9.17, 15) is 10.1 Å². The second-order valence-electron chi connectivity index (χ2n) is 7.94. The Morgan fingerprint density at radius 3 is 2.56 bits per heavy atom. The van der Waals surface area contributed by atoms with Crippen molar-refractivity contribution in [1.82, 2.24) is 19.7 Å². The van der Waals surface area contributed by atoms with Gasteiger partial charge in [-0.25, -0.2) is 9.67 Å². The third-order valence-electron chi connectivity index (χ3n) is 5.55. The first-order valence-corrected chi connectivity index (χ1v) is 11.3. The molecule has 174 valence electrons. The summed E-state index contributed by atoms with van der Waals surface area (Å²) in [5.74, 6) is 0.918. The lowest BCUT2D eigenvalue weighted by molar-refractivity contribution is 0.363. The van der Waals surface area contributed by atoms with Crippen LogP contribution in [-0.2, 0) is 0 Å². The lowest BCUT2D eigenvalue weighted by Gasteiger charge is -2.05. The summed E-state index contributed by atoms with van der Waals surface area (Å²) in [7, 11) is 0. The fourth-order valence-electron chi connectivity index (χ4n) is 3.82. The van der Waals surface area contributed by atoms with E-state index in [1.54, 1.807) is 41.1 Å². The third-order valence-corrected chi connectivity index (χ3v) is 5.55. The topological polar surface area (TPSA) is 96.6 Å². The van der Waals surface area contributed by atoms with Crippen LogP contribution in [0.25, 0.3) is 39.5 Å². The number of aromatic amines is 1. The number of hydrogen-bond donors (Lipinski definition) is 1. The van der Waals surface area contributed by atoms with Gasteiger partial charge in [-0.15, -0.1) is 0 Å². The van der Waals surface area contributed by atoms with Crippen molar-refractivity contribution in [1.29, 1.82) is 5.26 Å². The molecule has 0 atom stereocenters. The number of rotatable bonds is 7. The molecule has 2 aromatic heterocycles. The van der Waals surface area contributed by atoms with Gasteiger partial charge in [-0.2, -0.15) is 10.4 Å². The Morgan fingerprint density at radius 1 is 1.06 bits per heavy atom. The summed E-state index contributed by atoms with van der Waals surface area (Å²) in [5.41, 5.74) is 3.53. The molecule has 0 saturated carbocycles. The Balaban J connectivity index is 1.63. The number of nitriles is 1. The first kappa shape index (κ1) is 22.6. The molecule has 0 saturated heterocycles. The van der Waals surface area contributed by atoms with Gasteiger partial charge in [0.05, 0.1) is 27.9 Å². The van der Waals surface area contributed by atoms with Crippen molar-refractivity contribution in [3.8, 4) is 28.8 Å². The Morgan fingerprint density at radius 2 is 1.81 bits per heavy atom. The van der Waals surface area contributed by atoms with Gasteiger partial charge in [0, 0.05) is 17.3 Å². The van der Waals surface area contributed by atoms with E-state index in [2.05, 4.69) is 22.6 Å². The number of H-pyrrole nitrogens is 1. The van der Waals surface area contributed by atoms with E-state index in [0.29, 0.717) is 34.5 Å². The molecule has 7 heteroatoms. The molecule has 5 aromatic rings. The minimum atomic E-state index is -0.299. The Kier molecular flexibility index (Phi) is 6.24. The maximum Gasteiger partial charge on any atom is 0.259 e. The van der Waals surface area contributed by atoms with Gasteiger partial charge in [-0.05, 0) is 54.6 Å². The van der Waals surface area contributed by atoms with Crippen molar-refractivity contribution in [2.75, 3.05) is 6.61 Å². The highest BCUT2D eigenvalue weighted by molar-refractivity contribution is 5.91. The number of nitrogens with zero attached hydrogens (tertiary/aromatic N) is 4. The first-order chi connectivity index (χ1) is 17.7. The number of ether oxygens (including phenoxy) is 1. The largest absolute Gasteiger partial charge is 0.490 e. The Hall–Kier alpha value is -5.22. The van der Waals surface area contributed by atoms with E-state index in [1.807, 2.05) is 60.8 Å². The molecule has 0 aliphatic carbocycles. The highest BCUT2D eigenvalue weighted by Gasteiger charge is 2.15. The zero-order valence-electron chi connectivity index (χ0n) is 19.3. The predicted octanol–water partition coefficient (Wildman–Crippen LogP) is 5.40. The standard InChI is InChI=1S/C29H21N5O2/c1-2-16-36-24-14-12-20(13-15-24)27-22(19-34(33-27)23-8-4-3-5-9-23)17-21(18-30)28-31-26-11-7-6-10-25(26)29(35)32-28/h2-15,17,19H,1,16H2,(H,31,32,35)/b21-17+. The van der Waals surface area contributed by atoms with Crippen LogP contribution in [0.5, 0.6) is 5.75 Å². The zero-order valence-corrected chi connectivity index (χ0v) is 19.3. The van der Waals surface area contributed by atoms with Crippen LogP contribution in [0.4, 0.5) is 0 Å². The van der Waals surface area contributed by atoms with Gasteiger partial charge in [-0.1, -0.05) is 43.0 Å². The molecule has 0 bridgehead atoms. The minimum absolute atomic E-state index is 0.202. The molecule has 0 unspecified atom stereocenters. The van der Waals surface area contributed by atoms with Crippen LogP contribution in [0.3, 0.4) is 0 Å². The van der Waals surface area contributed by atoms with Gasteiger partial charge in [0.2, 0.25) is 0 Å². The van der Waals surface area contributed by atoms with Gasteiger partial charge in [0.15, 0.2) is 5.82 Å². The Labute approximate surface area is 207 Å². The molecule has 3 aromatic carbocycles. The normalized spacial score (nSPS) is 11.2. The van der Waals surface area contributed by atoms with E-state index in [4.69, 9.17) is 9.84 Å². The molecule has 0 amide bonds. The lowest BCUT2D eigenvalue weighted by atomic mass is 10.1. The molecule has 1 N–H and O–H groups in total. The molecular weight excluding hydrogens is 450 g/mol. The number of hydrogen-bond acceptors (Lipinski definition) is 5. The monoisotopic (exact) mass is 471 g/mol. The Bertz CT molecular complexity index is 1670. The molecule has 5 rings (SSSR count). The van der Waals surface area contributed by atoms with E-state index >= 15 is 0 Å². The molecule has 0 spiro atoms. The number of benzene rings is 3. The summed E-state index contributed by atoms with van der Waals surface area (Å²) >= 11 is 0. The van der Waals surface area contributed by atoms with Crippen molar-refractivity contribution in [2.24, 2.45) is 0 Å². The number of para-hydroxylation sites is 2. The highest BCUT2D eigenvalue weighted by Crippen LogP contribution is 2.28. The summed E-state index contributed by atoms with van der Waals surface area (Å²) < 4.78 is 7.36. The van der Waals surface area contributed by atoms with E-state index in [0.717, 1.165) is 11.3 Å². The summed E-state index contributed by atoms with van der Waals surface area (Å²) in [6.45, 7) is 4.08. The van der Waals surface area contributed by atoms with Gasteiger partial charge in [0.25, 0.3) is 5.56 Å². The number of aromatic nitrogens is 4. The molecule has 36 heavy (non-hydrogen) atoms. The van der Waals surface area contributed by atoms with E-state index in [-0.39, 0.29) is 17.0 Å². The maximum absolute atomic E-state index is 12.6. The van der Waals surface area contributed by atoms with Crippen LogP contribution in [0, 0.1) is 11.3 Å². The van der Waals surface area contributed by atoms with Crippen LogP contribution >= 0.6 is 0 Å². The minimum Gasteiger partial charge on any atom is -0.490 e. The van der Waals surface area contributed by atoms with Crippen LogP contribution in [0.1, 0.15) is 11.4 Å². The van der Waals surface area contributed by atoms with Crippen molar-refractivity contribution in [3.63, 3.8) is 0 Å². The first-order valence-electron chi connectivity index (χ1n) is 11.3. The molecule has 0 radical (unpaired) electrons. The van der Waals surface area contributed by atoms with Gasteiger partial charge < -0.3 is 9.72 Å². The second-order valence-corrected chi connectivity index (χ2v) is 7.94.